The number of hydrogen-bond acceptors (Lipinski definition) is 4. The molecule has 0 aliphatic carbocycles. The number of aromatic hydroxyl groups is 1. The smallest absolute Gasteiger partial charge is 0.175 e. The molecule has 0 saturated carbocycles. The summed E-state index contributed by atoms with van der Waals surface area (Å²) in [6.07, 6.45) is 1.17. The number of hydrogen-bond donors (Lipinski definition) is 2. The maximum absolute atomic E-state index is 11.5. The zero-order valence-corrected chi connectivity index (χ0v) is 13.2. The van der Waals surface area contributed by atoms with Crippen molar-refractivity contribution in [2.24, 2.45) is 0 Å². The number of halogens is 1. The van der Waals surface area contributed by atoms with E-state index in [0.717, 1.165) is 5.56 Å². The second-order valence-electron chi connectivity index (χ2n) is 4.40. The van der Waals surface area contributed by atoms with Crippen molar-refractivity contribution in [3.05, 3.63) is 52.5 Å². The first-order chi connectivity index (χ1) is 9.38. The monoisotopic (exact) mass is 355 g/mol. The molecule has 0 aromatic heterocycles. The molecule has 0 heterocycles. The third-order valence-electron chi connectivity index (χ3n) is 2.82. The lowest BCUT2D eigenvalue weighted by Gasteiger charge is -2.10. The van der Waals surface area contributed by atoms with Crippen LogP contribution in [0.3, 0.4) is 0 Å². The molecule has 2 rings (SSSR count). The van der Waals surface area contributed by atoms with Gasteiger partial charge in [-0.1, -0.05) is 18.2 Å². The van der Waals surface area contributed by atoms with E-state index in [2.05, 4.69) is 21.2 Å². The van der Waals surface area contributed by atoms with E-state index in [4.69, 9.17) is 0 Å². The predicted octanol–water partition coefficient (Wildman–Crippen LogP) is 3.17. The third kappa shape index (κ3) is 3.52. The van der Waals surface area contributed by atoms with Crippen LogP contribution in [0.5, 0.6) is 5.75 Å². The standard InChI is InChI=1S/C14H14BrNO3S/c1-20(18,19)12-6-3-5-11(8-12)16-9-10-4-2-7-13(15)14(10)17/h2-8,16-17H,9H2,1H3. The molecule has 0 aliphatic heterocycles. The molecule has 0 atom stereocenters. The fourth-order valence-corrected chi connectivity index (χ4v) is 2.81. The number of para-hydroxylation sites is 1. The van der Waals surface area contributed by atoms with Gasteiger partial charge in [-0.25, -0.2) is 8.42 Å². The van der Waals surface area contributed by atoms with E-state index in [-0.39, 0.29) is 10.6 Å². The summed E-state index contributed by atoms with van der Waals surface area (Å²) in [5.74, 6) is 0.180. The molecule has 0 spiro atoms. The Kier molecular flexibility index (Phi) is 4.35. The largest absolute Gasteiger partial charge is 0.506 e. The highest BCUT2D eigenvalue weighted by atomic mass is 79.9. The first-order valence-corrected chi connectivity index (χ1v) is 8.57. The Morgan fingerprint density at radius 2 is 1.90 bits per heavy atom. The van der Waals surface area contributed by atoms with Crippen LogP contribution in [0.25, 0.3) is 0 Å². The highest BCUT2D eigenvalue weighted by molar-refractivity contribution is 9.10. The van der Waals surface area contributed by atoms with E-state index >= 15 is 0 Å². The summed E-state index contributed by atoms with van der Waals surface area (Å²) in [6, 6.07) is 12.0. The molecule has 0 saturated heterocycles. The average molecular weight is 356 g/mol. The Bertz CT molecular complexity index is 729. The SMILES string of the molecule is CS(=O)(=O)c1cccc(NCc2cccc(Br)c2O)c1. The molecule has 20 heavy (non-hydrogen) atoms. The van der Waals surface area contributed by atoms with E-state index < -0.39 is 9.84 Å². The number of rotatable bonds is 4. The van der Waals surface area contributed by atoms with Crippen LogP contribution in [0.15, 0.2) is 51.8 Å². The second-order valence-corrected chi connectivity index (χ2v) is 7.27. The molecule has 0 unspecified atom stereocenters. The van der Waals surface area contributed by atoms with E-state index in [1.54, 1.807) is 36.4 Å². The maximum atomic E-state index is 11.5. The molecule has 106 valence electrons. The molecular weight excluding hydrogens is 342 g/mol. The first kappa shape index (κ1) is 14.9. The highest BCUT2D eigenvalue weighted by Gasteiger charge is 2.08. The Hall–Kier alpha value is -1.53. The Labute approximate surface area is 126 Å². The van der Waals surface area contributed by atoms with Crippen molar-refractivity contribution in [3.8, 4) is 5.75 Å². The van der Waals surface area contributed by atoms with Crippen molar-refractivity contribution in [1.82, 2.24) is 0 Å². The van der Waals surface area contributed by atoms with Crippen LogP contribution in [0, 0.1) is 0 Å². The second kappa shape index (κ2) is 5.85. The molecule has 6 heteroatoms. The topological polar surface area (TPSA) is 66.4 Å². The summed E-state index contributed by atoms with van der Waals surface area (Å²) in [5.41, 5.74) is 1.41. The van der Waals surface area contributed by atoms with Crippen LogP contribution in [0.2, 0.25) is 0 Å². The molecule has 2 aromatic carbocycles. The fourth-order valence-electron chi connectivity index (χ4n) is 1.74. The minimum atomic E-state index is -3.22. The van der Waals surface area contributed by atoms with Gasteiger partial charge in [-0.05, 0) is 40.2 Å². The zero-order valence-electron chi connectivity index (χ0n) is 10.8. The Morgan fingerprint density at radius 3 is 2.60 bits per heavy atom. The van der Waals surface area contributed by atoms with Crippen molar-refractivity contribution in [1.29, 1.82) is 0 Å². The molecule has 4 nitrogen and oxygen atoms in total. The van der Waals surface area contributed by atoms with E-state index in [0.29, 0.717) is 16.7 Å². The van der Waals surface area contributed by atoms with Crippen LogP contribution < -0.4 is 5.32 Å². The van der Waals surface area contributed by atoms with Gasteiger partial charge in [0.15, 0.2) is 9.84 Å². The minimum absolute atomic E-state index is 0.180. The van der Waals surface area contributed by atoms with Gasteiger partial charge >= 0.3 is 0 Å². The average Bonchev–Trinajstić information content (AvgIpc) is 2.40. The van der Waals surface area contributed by atoms with Gasteiger partial charge in [0.25, 0.3) is 0 Å². The van der Waals surface area contributed by atoms with Crippen molar-refractivity contribution in [3.63, 3.8) is 0 Å². The van der Waals surface area contributed by atoms with Gasteiger partial charge in [0.2, 0.25) is 0 Å². The summed E-state index contributed by atoms with van der Waals surface area (Å²) in [4.78, 5) is 0.265. The molecule has 0 radical (unpaired) electrons. The maximum Gasteiger partial charge on any atom is 0.175 e. The molecular formula is C14H14BrNO3S. The van der Waals surface area contributed by atoms with Gasteiger partial charge in [-0.2, -0.15) is 0 Å². The number of phenols is 1. The quantitative estimate of drug-likeness (QED) is 0.883. The fraction of sp³-hybridized carbons (Fsp3) is 0.143. The van der Waals surface area contributed by atoms with Crippen molar-refractivity contribution < 1.29 is 13.5 Å². The van der Waals surface area contributed by atoms with Gasteiger partial charge in [-0.3, -0.25) is 0 Å². The van der Waals surface area contributed by atoms with Crippen LogP contribution in [0.1, 0.15) is 5.56 Å². The number of phenolic OH excluding ortho intramolecular Hbond substituents is 1. The van der Waals surface area contributed by atoms with Crippen LogP contribution in [-0.2, 0) is 16.4 Å². The van der Waals surface area contributed by atoms with E-state index in [1.165, 1.54) is 6.26 Å². The van der Waals surface area contributed by atoms with Gasteiger partial charge in [-0.15, -0.1) is 0 Å². The normalized spacial score (nSPS) is 11.3. The molecule has 2 N–H and O–H groups in total. The third-order valence-corrected chi connectivity index (χ3v) is 4.57. The number of anilines is 1. The Morgan fingerprint density at radius 1 is 1.20 bits per heavy atom. The lowest BCUT2D eigenvalue weighted by molar-refractivity contribution is 0.465. The van der Waals surface area contributed by atoms with E-state index in [9.17, 15) is 13.5 Å². The van der Waals surface area contributed by atoms with Gasteiger partial charge in [0.05, 0.1) is 9.37 Å². The summed E-state index contributed by atoms with van der Waals surface area (Å²) >= 11 is 3.25. The van der Waals surface area contributed by atoms with Crippen LogP contribution in [-0.4, -0.2) is 19.8 Å². The lowest BCUT2D eigenvalue weighted by Crippen LogP contribution is -2.02. The van der Waals surface area contributed by atoms with Crippen molar-refractivity contribution in [2.75, 3.05) is 11.6 Å². The molecule has 0 amide bonds. The summed E-state index contributed by atoms with van der Waals surface area (Å²) < 4.78 is 23.6. The summed E-state index contributed by atoms with van der Waals surface area (Å²) in [7, 11) is -3.22. The number of nitrogens with one attached hydrogen (secondary N) is 1. The zero-order chi connectivity index (χ0) is 14.8. The highest BCUT2D eigenvalue weighted by Crippen LogP contribution is 2.28. The van der Waals surface area contributed by atoms with Gasteiger partial charge < -0.3 is 10.4 Å². The molecule has 0 bridgehead atoms. The van der Waals surface area contributed by atoms with Crippen LogP contribution in [0.4, 0.5) is 5.69 Å². The van der Waals surface area contributed by atoms with E-state index in [1.807, 2.05) is 6.07 Å². The Balaban J connectivity index is 2.18. The van der Waals surface area contributed by atoms with Crippen molar-refractivity contribution >= 4 is 31.5 Å². The van der Waals surface area contributed by atoms with Gasteiger partial charge in [0.1, 0.15) is 5.75 Å². The van der Waals surface area contributed by atoms with Crippen LogP contribution >= 0.6 is 15.9 Å². The number of sulfone groups is 1. The summed E-state index contributed by atoms with van der Waals surface area (Å²) in [6.45, 7) is 0.401. The summed E-state index contributed by atoms with van der Waals surface area (Å²) in [5, 5.41) is 13.0. The van der Waals surface area contributed by atoms with Gasteiger partial charge in [0, 0.05) is 24.1 Å². The first-order valence-electron chi connectivity index (χ1n) is 5.88. The molecule has 2 aromatic rings. The molecule has 0 aliphatic rings. The minimum Gasteiger partial charge on any atom is -0.506 e. The number of benzene rings is 2. The predicted molar refractivity (Wildman–Crippen MR) is 82.7 cm³/mol. The molecule has 0 fully saturated rings. The van der Waals surface area contributed by atoms with Crippen molar-refractivity contribution in [2.45, 2.75) is 11.4 Å². The lowest BCUT2D eigenvalue weighted by atomic mass is 10.2.